The highest BCUT2D eigenvalue weighted by Crippen LogP contribution is 2.28. The Bertz CT molecular complexity index is 1240. The lowest BCUT2D eigenvalue weighted by Crippen LogP contribution is -2.42. The summed E-state index contributed by atoms with van der Waals surface area (Å²) in [7, 11) is 1.69. The van der Waals surface area contributed by atoms with Gasteiger partial charge in [-0.25, -0.2) is 9.37 Å². The fourth-order valence-corrected chi connectivity index (χ4v) is 3.54. The largest absolute Gasteiger partial charge is 0.377 e. The first kappa shape index (κ1) is 22.4. The standard InChI is InChI=1S/C23H22FN5O4/c1-29-9-8-23(32,22(29)31)7-5-14-3-2-4-15(11-14)19-17(24)12-18(20(27-19)21(25)30)26-13-16-6-10-33-28-16/h2-4,6,10-12,22,26,31-32H,8-9,13H2,1H3,(H2,25,30)/t22?,23-/m0/s1. The summed E-state index contributed by atoms with van der Waals surface area (Å²) in [6.45, 7) is 0.695. The highest BCUT2D eigenvalue weighted by Gasteiger charge is 2.42. The number of anilines is 1. The van der Waals surface area contributed by atoms with Crippen LogP contribution in [0.2, 0.25) is 0 Å². The van der Waals surface area contributed by atoms with Crippen molar-refractivity contribution in [2.24, 2.45) is 5.73 Å². The second kappa shape index (κ2) is 8.99. The van der Waals surface area contributed by atoms with E-state index in [4.69, 9.17) is 10.3 Å². The van der Waals surface area contributed by atoms with Gasteiger partial charge in [0.2, 0.25) is 0 Å². The number of halogens is 1. The third kappa shape index (κ3) is 4.70. The van der Waals surface area contributed by atoms with Crippen LogP contribution in [0.15, 0.2) is 47.2 Å². The van der Waals surface area contributed by atoms with E-state index in [0.717, 1.165) is 6.07 Å². The van der Waals surface area contributed by atoms with Crippen molar-refractivity contribution in [2.75, 3.05) is 18.9 Å². The van der Waals surface area contributed by atoms with Crippen molar-refractivity contribution in [1.82, 2.24) is 15.0 Å². The van der Waals surface area contributed by atoms with Crippen molar-refractivity contribution in [3.05, 3.63) is 65.4 Å². The lowest BCUT2D eigenvalue weighted by molar-refractivity contribution is -0.0633. The molecule has 3 aromatic rings. The van der Waals surface area contributed by atoms with Crippen LogP contribution in [0.25, 0.3) is 11.3 Å². The van der Waals surface area contributed by atoms with Gasteiger partial charge in [-0.1, -0.05) is 29.1 Å². The van der Waals surface area contributed by atoms with Crippen LogP contribution in [-0.2, 0) is 6.54 Å². The molecule has 4 rings (SSSR count). The Balaban J connectivity index is 1.63. The summed E-state index contributed by atoms with van der Waals surface area (Å²) in [6.07, 6.45) is 0.606. The summed E-state index contributed by atoms with van der Waals surface area (Å²) in [5, 5.41) is 27.3. The molecule has 1 aliphatic rings. The van der Waals surface area contributed by atoms with E-state index in [9.17, 15) is 19.4 Å². The molecule has 1 aliphatic heterocycles. The highest BCUT2D eigenvalue weighted by atomic mass is 19.1. The minimum atomic E-state index is -1.55. The summed E-state index contributed by atoms with van der Waals surface area (Å²) in [5.41, 5.74) is 5.27. The van der Waals surface area contributed by atoms with Gasteiger partial charge in [0.15, 0.2) is 17.1 Å². The maximum absolute atomic E-state index is 15.0. The van der Waals surface area contributed by atoms with Crippen LogP contribution in [0.4, 0.5) is 10.1 Å². The quantitative estimate of drug-likeness (QED) is 0.426. The maximum Gasteiger partial charge on any atom is 0.269 e. The number of carbonyl (C=O) groups excluding carboxylic acids is 1. The smallest absolute Gasteiger partial charge is 0.269 e. The van der Waals surface area contributed by atoms with E-state index >= 15 is 0 Å². The van der Waals surface area contributed by atoms with E-state index in [0.29, 0.717) is 29.8 Å². The molecule has 1 fully saturated rings. The number of amides is 1. The molecule has 0 bridgehead atoms. The lowest BCUT2D eigenvalue weighted by atomic mass is 10.0. The van der Waals surface area contributed by atoms with Crippen molar-refractivity contribution >= 4 is 11.6 Å². The third-order valence-electron chi connectivity index (χ3n) is 5.41. The molecule has 0 aliphatic carbocycles. The minimum absolute atomic E-state index is 0.0706. The van der Waals surface area contributed by atoms with Crippen LogP contribution in [0.1, 0.15) is 28.2 Å². The van der Waals surface area contributed by atoms with Crippen molar-refractivity contribution in [2.45, 2.75) is 24.8 Å². The normalized spacial score (nSPS) is 20.3. The Morgan fingerprint density at radius 1 is 1.42 bits per heavy atom. The van der Waals surface area contributed by atoms with E-state index in [2.05, 4.69) is 27.3 Å². The molecule has 1 amide bonds. The molecular weight excluding hydrogens is 429 g/mol. The van der Waals surface area contributed by atoms with Gasteiger partial charge in [-0.05, 0) is 19.2 Å². The Hall–Kier alpha value is -3.78. The molecule has 9 nitrogen and oxygen atoms in total. The number of nitrogens with zero attached hydrogens (tertiary/aromatic N) is 3. The van der Waals surface area contributed by atoms with Crippen LogP contribution >= 0.6 is 0 Å². The Labute approximate surface area is 189 Å². The Kier molecular flexibility index (Phi) is 6.11. The fourth-order valence-electron chi connectivity index (χ4n) is 3.54. The number of nitrogens with one attached hydrogen (secondary N) is 1. The molecule has 1 saturated heterocycles. The van der Waals surface area contributed by atoms with Gasteiger partial charge in [-0.2, -0.15) is 0 Å². The van der Waals surface area contributed by atoms with Gasteiger partial charge in [0.05, 0.1) is 12.2 Å². The zero-order chi connectivity index (χ0) is 23.6. The first-order chi connectivity index (χ1) is 15.8. The molecule has 2 aromatic heterocycles. The molecule has 10 heteroatoms. The number of likely N-dealkylation sites (tertiary alicyclic amines) is 1. The van der Waals surface area contributed by atoms with E-state index in [1.807, 2.05) is 0 Å². The lowest BCUT2D eigenvalue weighted by Gasteiger charge is -2.22. The number of pyridine rings is 1. The molecule has 0 radical (unpaired) electrons. The van der Waals surface area contributed by atoms with Gasteiger partial charge in [0.25, 0.3) is 5.91 Å². The molecule has 1 unspecified atom stereocenters. The number of hydrogen-bond donors (Lipinski definition) is 4. The third-order valence-corrected chi connectivity index (χ3v) is 5.41. The molecule has 33 heavy (non-hydrogen) atoms. The highest BCUT2D eigenvalue weighted by molar-refractivity contribution is 5.97. The number of likely N-dealkylation sites (N-methyl/N-ethyl adjacent to an activating group) is 1. The van der Waals surface area contributed by atoms with Gasteiger partial charge >= 0.3 is 0 Å². The summed E-state index contributed by atoms with van der Waals surface area (Å²) in [6, 6.07) is 9.32. The van der Waals surface area contributed by atoms with Gasteiger partial charge in [0.1, 0.15) is 23.9 Å². The van der Waals surface area contributed by atoms with Crippen molar-refractivity contribution in [3.63, 3.8) is 0 Å². The number of hydrogen-bond acceptors (Lipinski definition) is 8. The second-order valence-electron chi connectivity index (χ2n) is 7.78. The molecule has 5 N–H and O–H groups in total. The molecule has 0 spiro atoms. The van der Waals surface area contributed by atoms with Crippen molar-refractivity contribution in [3.8, 4) is 23.1 Å². The van der Waals surface area contributed by atoms with Crippen LogP contribution in [0, 0.1) is 17.7 Å². The zero-order valence-electron chi connectivity index (χ0n) is 17.7. The van der Waals surface area contributed by atoms with Crippen LogP contribution in [0.3, 0.4) is 0 Å². The van der Waals surface area contributed by atoms with E-state index < -0.39 is 23.6 Å². The molecule has 1 aromatic carbocycles. The van der Waals surface area contributed by atoms with Crippen LogP contribution < -0.4 is 11.1 Å². The predicted octanol–water partition coefficient (Wildman–Crippen LogP) is 1.32. The summed E-state index contributed by atoms with van der Waals surface area (Å²) in [4.78, 5) is 17.7. The average molecular weight is 451 g/mol. The van der Waals surface area contributed by atoms with Crippen molar-refractivity contribution in [1.29, 1.82) is 0 Å². The number of primary amides is 1. The molecule has 0 saturated carbocycles. The van der Waals surface area contributed by atoms with Gasteiger partial charge in [0, 0.05) is 36.2 Å². The SMILES string of the molecule is CN1CC[C@@](O)(C#Cc2cccc(-c3nc(C(N)=O)c(NCc4ccon4)cc3F)c2)C1O. The van der Waals surface area contributed by atoms with Gasteiger partial charge in [-0.3, -0.25) is 9.69 Å². The summed E-state index contributed by atoms with van der Waals surface area (Å²) >= 11 is 0. The molecule has 3 heterocycles. The monoisotopic (exact) mass is 451 g/mol. The Morgan fingerprint density at radius 3 is 2.91 bits per heavy atom. The number of benzene rings is 1. The number of nitrogens with two attached hydrogens (primary N) is 1. The Morgan fingerprint density at radius 2 is 2.24 bits per heavy atom. The van der Waals surface area contributed by atoms with E-state index in [1.165, 1.54) is 6.26 Å². The first-order valence-corrected chi connectivity index (χ1v) is 10.1. The van der Waals surface area contributed by atoms with Gasteiger partial charge in [-0.15, -0.1) is 0 Å². The van der Waals surface area contributed by atoms with Crippen LogP contribution in [0.5, 0.6) is 0 Å². The zero-order valence-corrected chi connectivity index (χ0v) is 17.7. The minimum Gasteiger partial charge on any atom is -0.377 e. The summed E-state index contributed by atoms with van der Waals surface area (Å²) < 4.78 is 19.7. The fraction of sp³-hybridized carbons (Fsp3) is 0.261. The maximum atomic E-state index is 15.0. The predicted molar refractivity (Wildman–Crippen MR) is 117 cm³/mol. The van der Waals surface area contributed by atoms with Gasteiger partial charge < -0.3 is 25.8 Å². The molecular formula is C23H22FN5O4. The van der Waals surface area contributed by atoms with Crippen LogP contribution in [-0.4, -0.2) is 56.6 Å². The second-order valence-corrected chi connectivity index (χ2v) is 7.78. The first-order valence-electron chi connectivity index (χ1n) is 10.1. The topological polar surface area (TPSA) is 138 Å². The van der Waals surface area contributed by atoms with Crippen molar-refractivity contribution < 1.29 is 23.9 Å². The number of rotatable bonds is 5. The number of aliphatic hydroxyl groups is 2. The number of carbonyl (C=O) groups is 1. The van der Waals surface area contributed by atoms with E-state index in [-0.39, 0.29) is 23.6 Å². The summed E-state index contributed by atoms with van der Waals surface area (Å²) in [5.74, 6) is 4.06. The average Bonchev–Trinajstić information content (AvgIpc) is 3.41. The molecule has 170 valence electrons. The molecule has 2 atom stereocenters. The van der Waals surface area contributed by atoms with E-state index in [1.54, 1.807) is 42.3 Å². The number of aromatic nitrogens is 2. The number of aliphatic hydroxyl groups excluding tert-OH is 1.